The Morgan fingerprint density at radius 2 is 1.87 bits per heavy atom. The van der Waals surface area contributed by atoms with Gasteiger partial charge in [-0.1, -0.05) is 25.1 Å². The van der Waals surface area contributed by atoms with Gasteiger partial charge in [0.1, 0.15) is 0 Å². The summed E-state index contributed by atoms with van der Waals surface area (Å²) in [5.74, 6) is -0.727. The van der Waals surface area contributed by atoms with Crippen molar-refractivity contribution in [1.82, 2.24) is 0 Å². The van der Waals surface area contributed by atoms with Gasteiger partial charge < -0.3 is 9.84 Å². The van der Waals surface area contributed by atoms with Crippen LogP contribution in [0.2, 0.25) is 0 Å². The zero-order chi connectivity index (χ0) is 16.9. The van der Waals surface area contributed by atoms with Gasteiger partial charge in [-0.05, 0) is 42.9 Å². The van der Waals surface area contributed by atoms with Crippen molar-refractivity contribution >= 4 is 21.4 Å². The Morgan fingerprint density at radius 1 is 1.26 bits per heavy atom. The molecule has 2 rings (SSSR count). The fourth-order valence-electron chi connectivity index (χ4n) is 2.64. The molecule has 0 bridgehead atoms. The maximum Gasteiger partial charge on any atom is 0.335 e. The molecule has 1 aromatic rings. The Balaban J connectivity index is 2.27. The van der Waals surface area contributed by atoms with Gasteiger partial charge >= 0.3 is 5.97 Å². The molecule has 6 heteroatoms. The van der Waals surface area contributed by atoms with Crippen LogP contribution in [0.5, 0.6) is 0 Å². The Bertz CT molecular complexity index is 667. The summed E-state index contributed by atoms with van der Waals surface area (Å²) in [4.78, 5) is 11.8. The summed E-state index contributed by atoms with van der Waals surface area (Å²) in [7, 11) is -3.28. The predicted octanol–water partition coefficient (Wildman–Crippen LogP) is 2.76. The quantitative estimate of drug-likeness (QED) is 0.807. The third-order valence-electron chi connectivity index (χ3n) is 3.90. The van der Waals surface area contributed by atoms with Gasteiger partial charge in [0.25, 0.3) is 0 Å². The van der Waals surface area contributed by atoms with Crippen LogP contribution in [0.4, 0.5) is 0 Å². The van der Waals surface area contributed by atoms with Gasteiger partial charge in [-0.25, -0.2) is 13.2 Å². The predicted molar refractivity (Wildman–Crippen MR) is 87.9 cm³/mol. The van der Waals surface area contributed by atoms with Crippen molar-refractivity contribution < 1.29 is 23.1 Å². The van der Waals surface area contributed by atoms with Crippen molar-refractivity contribution in [2.75, 3.05) is 19.0 Å². The molecule has 126 valence electrons. The first-order valence-corrected chi connectivity index (χ1v) is 9.45. The van der Waals surface area contributed by atoms with Crippen LogP contribution in [0.25, 0.3) is 5.57 Å². The van der Waals surface area contributed by atoms with E-state index in [2.05, 4.69) is 0 Å². The van der Waals surface area contributed by atoms with E-state index in [1.54, 1.807) is 18.2 Å². The number of allylic oxidation sites excluding steroid dienone is 1. The Kier molecular flexibility index (Phi) is 5.96. The number of aliphatic carboxylic acids is 1. The minimum atomic E-state index is -3.28. The molecule has 1 fully saturated rings. The average molecular weight is 338 g/mol. The number of carboxylic acid groups (broad SMARTS) is 1. The molecular weight excluding hydrogens is 316 g/mol. The van der Waals surface area contributed by atoms with Gasteiger partial charge in [0.15, 0.2) is 9.84 Å². The van der Waals surface area contributed by atoms with Gasteiger partial charge in [-0.15, -0.1) is 0 Å². The van der Waals surface area contributed by atoms with Crippen LogP contribution >= 0.6 is 0 Å². The zero-order valence-corrected chi connectivity index (χ0v) is 14.0. The van der Waals surface area contributed by atoms with Gasteiger partial charge in [0.2, 0.25) is 0 Å². The highest BCUT2D eigenvalue weighted by Gasteiger charge is 2.18. The molecule has 0 aliphatic carbocycles. The Morgan fingerprint density at radius 3 is 2.39 bits per heavy atom. The van der Waals surface area contributed by atoms with Crippen LogP contribution in [-0.2, 0) is 19.4 Å². The lowest BCUT2D eigenvalue weighted by atomic mass is 9.94. The summed E-state index contributed by atoms with van der Waals surface area (Å²) in [6.07, 6.45) is 3.92. The number of hydrogen-bond acceptors (Lipinski definition) is 4. The topological polar surface area (TPSA) is 80.7 Å². The highest BCUT2D eigenvalue weighted by Crippen LogP contribution is 2.24. The van der Waals surface area contributed by atoms with Gasteiger partial charge in [0.05, 0.1) is 16.2 Å². The minimum absolute atomic E-state index is 0.0933. The van der Waals surface area contributed by atoms with E-state index < -0.39 is 15.8 Å². The molecule has 0 amide bonds. The van der Waals surface area contributed by atoms with E-state index in [9.17, 15) is 18.3 Å². The van der Waals surface area contributed by atoms with E-state index in [1.165, 1.54) is 12.1 Å². The summed E-state index contributed by atoms with van der Waals surface area (Å²) >= 11 is 0. The van der Waals surface area contributed by atoms with Crippen molar-refractivity contribution in [2.24, 2.45) is 5.92 Å². The number of carboxylic acids is 1. The number of carbonyl (C=O) groups is 1. The molecular formula is C17H22O5S. The van der Waals surface area contributed by atoms with Crippen molar-refractivity contribution in [3.63, 3.8) is 0 Å². The van der Waals surface area contributed by atoms with Crippen LogP contribution in [-0.4, -0.2) is 38.5 Å². The number of hydrogen-bond donors (Lipinski definition) is 1. The van der Waals surface area contributed by atoms with Crippen LogP contribution < -0.4 is 0 Å². The first-order valence-electron chi connectivity index (χ1n) is 7.80. The normalized spacial score (nSPS) is 17.2. The summed E-state index contributed by atoms with van der Waals surface area (Å²) in [5, 5.41) is 9.45. The van der Waals surface area contributed by atoms with E-state index >= 15 is 0 Å². The third kappa shape index (κ3) is 4.65. The second kappa shape index (κ2) is 7.75. The van der Waals surface area contributed by atoms with Gasteiger partial charge in [0, 0.05) is 13.2 Å². The lowest BCUT2D eigenvalue weighted by molar-refractivity contribution is -0.130. The molecule has 23 heavy (non-hydrogen) atoms. The lowest BCUT2D eigenvalue weighted by Gasteiger charge is -2.19. The van der Waals surface area contributed by atoms with E-state index in [0.29, 0.717) is 25.2 Å². The highest BCUT2D eigenvalue weighted by atomic mass is 32.2. The molecule has 1 aromatic carbocycles. The molecule has 0 saturated carbocycles. The first-order chi connectivity index (χ1) is 10.9. The summed E-state index contributed by atoms with van der Waals surface area (Å²) in [6, 6.07) is 6.12. The molecule has 1 N–H and O–H groups in total. The summed E-state index contributed by atoms with van der Waals surface area (Å²) < 4.78 is 29.3. The monoisotopic (exact) mass is 338 g/mol. The summed E-state index contributed by atoms with van der Waals surface area (Å²) in [5.41, 5.74) is 0.746. The van der Waals surface area contributed by atoms with Crippen molar-refractivity contribution in [3.8, 4) is 0 Å². The number of sulfone groups is 1. The summed E-state index contributed by atoms with van der Waals surface area (Å²) in [6.45, 7) is 3.09. The number of rotatable bonds is 6. The van der Waals surface area contributed by atoms with Gasteiger partial charge in [-0.3, -0.25) is 0 Å². The first kappa shape index (κ1) is 17.7. The molecule has 1 heterocycles. The van der Waals surface area contributed by atoms with Crippen LogP contribution in [0.3, 0.4) is 0 Å². The van der Waals surface area contributed by atoms with E-state index in [1.807, 2.05) is 6.92 Å². The number of ether oxygens (including phenoxy) is 1. The van der Waals surface area contributed by atoms with E-state index in [0.717, 1.165) is 12.8 Å². The Labute approximate surface area is 136 Å². The smallest absolute Gasteiger partial charge is 0.335 e. The van der Waals surface area contributed by atoms with Crippen molar-refractivity contribution in [1.29, 1.82) is 0 Å². The van der Waals surface area contributed by atoms with Crippen molar-refractivity contribution in [2.45, 2.75) is 31.1 Å². The molecule has 0 atom stereocenters. The molecule has 0 radical (unpaired) electrons. The standard InChI is InChI=1S/C17H22O5S/c1-2-11-23(20,21)15-5-3-14(4-6-15)16(17(18)19)12-13-7-9-22-10-8-13/h3-6,12-13H,2,7-11H2,1H3,(H,18,19)/b16-12+. The Hall–Kier alpha value is -1.66. The van der Waals surface area contributed by atoms with Crippen LogP contribution in [0.1, 0.15) is 31.7 Å². The third-order valence-corrected chi connectivity index (χ3v) is 5.83. The highest BCUT2D eigenvalue weighted by molar-refractivity contribution is 7.91. The fourth-order valence-corrected chi connectivity index (χ4v) is 3.96. The molecule has 1 aliphatic heterocycles. The maximum absolute atomic E-state index is 12.0. The molecule has 0 spiro atoms. The average Bonchev–Trinajstić information content (AvgIpc) is 2.53. The second-order valence-electron chi connectivity index (χ2n) is 5.68. The lowest BCUT2D eigenvalue weighted by Crippen LogP contribution is -2.15. The van der Waals surface area contributed by atoms with Crippen LogP contribution in [0.15, 0.2) is 35.2 Å². The molecule has 1 saturated heterocycles. The van der Waals surface area contributed by atoms with Gasteiger partial charge in [-0.2, -0.15) is 0 Å². The number of benzene rings is 1. The van der Waals surface area contributed by atoms with E-state index in [4.69, 9.17) is 4.74 Å². The molecule has 1 aliphatic rings. The largest absolute Gasteiger partial charge is 0.478 e. The van der Waals surface area contributed by atoms with Crippen LogP contribution in [0, 0.1) is 5.92 Å². The molecule has 0 unspecified atom stereocenters. The second-order valence-corrected chi connectivity index (χ2v) is 7.79. The fraction of sp³-hybridized carbons (Fsp3) is 0.471. The van der Waals surface area contributed by atoms with Crippen molar-refractivity contribution in [3.05, 3.63) is 35.9 Å². The minimum Gasteiger partial charge on any atom is -0.478 e. The molecule has 0 aromatic heterocycles. The SMILES string of the molecule is CCCS(=O)(=O)c1ccc(/C(=C\C2CCOCC2)C(=O)O)cc1. The van der Waals surface area contributed by atoms with E-state index in [-0.39, 0.29) is 22.1 Å². The maximum atomic E-state index is 12.0. The zero-order valence-electron chi connectivity index (χ0n) is 13.2. The molecule has 5 nitrogen and oxygen atoms in total.